The van der Waals surface area contributed by atoms with Gasteiger partial charge in [0.25, 0.3) is 0 Å². The molecule has 1 aliphatic carbocycles. The Bertz CT molecular complexity index is 380. The molecule has 0 aromatic heterocycles. The molecule has 0 radical (unpaired) electrons. The highest BCUT2D eigenvalue weighted by molar-refractivity contribution is 7.80. The maximum Gasteiger partial charge on any atom is 0.0589 e. The third kappa shape index (κ3) is 4.51. The van der Waals surface area contributed by atoms with E-state index in [1.54, 1.807) is 7.11 Å². The van der Waals surface area contributed by atoms with Gasteiger partial charge in [0.05, 0.1) is 6.61 Å². The van der Waals surface area contributed by atoms with Crippen LogP contribution in [0.4, 0.5) is 0 Å². The fraction of sp³-hybridized carbons (Fsp3) is 0.647. The van der Waals surface area contributed by atoms with Crippen LogP contribution in [0.2, 0.25) is 0 Å². The van der Waals surface area contributed by atoms with Crippen LogP contribution in [0.5, 0.6) is 0 Å². The summed E-state index contributed by atoms with van der Waals surface area (Å²) in [5, 5.41) is 0. The standard InChI is InChI=1S/C17H27NOS/c1-14(15-8-9-15)18(10-11-19-2)12-17(13-20)16-6-4-3-5-7-16/h3-7,14-15,17,20H,8-13H2,1-2H3. The van der Waals surface area contributed by atoms with Crippen molar-refractivity contribution in [1.82, 2.24) is 4.90 Å². The molecule has 112 valence electrons. The minimum absolute atomic E-state index is 0.498. The van der Waals surface area contributed by atoms with E-state index >= 15 is 0 Å². The Morgan fingerprint density at radius 2 is 2.00 bits per heavy atom. The summed E-state index contributed by atoms with van der Waals surface area (Å²) in [4.78, 5) is 2.59. The molecule has 1 aliphatic rings. The summed E-state index contributed by atoms with van der Waals surface area (Å²) >= 11 is 4.57. The molecule has 1 aromatic rings. The molecule has 1 saturated carbocycles. The van der Waals surface area contributed by atoms with E-state index in [0.29, 0.717) is 12.0 Å². The third-order valence-electron chi connectivity index (χ3n) is 4.41. The van der Waals surface area contributed by atoms with Crippen LogP contribution in [0.3, 0.4) is 0 Å². The molecule has 0 heterocycles. The molecule has 20 heavy (non-hydrogen) atoms. The van der Waals surface area contributed by atoms with Crippen molar-refractivity contribution in [2.24, 2.45) is 5.92 Å². The van der Waals surface area contributed by atoms with Crippen molar-refractivity contribution >= 4 is 12.6 Å². The minimum Gasteiger partial charge on any atom is -0.383 e. The van der Waals surface area contributed by atoms with Crippen LogP contribution in [0, 0.1) is 5.92 Å². The molecule has 2 rings (SSSR count). The molecular weight excluding hydrogens is 266 g/mol. The van der Waals surface area contributed by atoms with E-state index in [9.17, 15) is 0 Å². The van der Waals surface area contributed by atoms with Crippen molar-refractivity contribution in [2.75, 3.05) is 32.6 Å². The Labute approximate surface area is 128 Å². The first-order valence-electron chi connectivity index (χ1n) is 7.65. The second-order valence-corrected chi connectivity index (χ2v) is 6.22. The van der Waals surface area contributed by atoms with Gasteiger partial charge < -0.3 is 4.74 Å². The molecule has 0 saturated heterocycles. The summed E-state index contributed by atoms with van der Waals surface area (Å²) < 4.78 is 5.28. The summed E-state index contributed by atoms with van der Waals surface area (Å²) in [6, 6.07) is 11.4. The lowest BCUT2D eigenvalue weighted by molar-refractivity contribution is 0.113. The minimum atomic E-state index is 0.498. The van der Waals surface area contributed by atoms with Crippen LogP contribution in [0.15, 0.2) is 30.3 Å². The molecule has 2 unspecified atom stereocenters. The van der Waals surface area contributed by atoms with Crippen molar-refractivity contribution in [3.63, 3.8) is 0 Å². The topological polar surface area (TPSA) is 12.5 Å². The number of ether oxygens (including phenoxy) is 1. The van der Waals surface area contributed by atoms with Gasteiger partial charge in [-0.3, -0.25) is 4.90 Å². The molecule has 2 nitrogen and oxygen atoms in total. The number of thiol groups is 1. The number of rotatable bonds is 9. The Morgan fingerprint density at radius 1 is 1.30 bits per heavy atom. The van der Waals surface area contributed by atoms with E-state index in [1.165, 1.54) is 18.4 Å². The maximum absolute atomic E-state index is 5.28. The van der Waals surface area contributed by atoms with E-state index in [0.717, 1.165) is 31.4 Å². The zero-order valence-corrected chi connectivity index (χ0v) is 13.6. The zero-order chi connectivity index (χ0) is 14.4. The normalized spacial score (nSPS) is 18.2. The molecule has 1 fully saturated rings. The molecule has 3 heteroatoms. The summed E-state index contributed by atoms with van der Waals surface area (Å²) in [6.45, 7) is 5.28. The first-order valence-corrected chi connectivity index (χ1v) is 8.28. The lowest BCUT2D eigenvalue weighted by Gasteiger charge is -2.32. The average molecular weight is 293 g/mol. The van der Waals surface area contributed by atoms with Crippen molar-refractivity contribution in [2.45, 2.75) is 31.7 Å². The lowest BCUT2D eigenvalue weighted by atomic mass is 9.99. The Balaban J connectivity index is 2.00. The quantitative estimate of drug-likeness (QED) is 0.700. The Hall–Kier alpha value is -0.510. The van der Waals surface area contributed by atoms with E-state index < -0.39 is 0 Å². The van der Waals surface area contributed by atoms with Gasteiger partial charge >= 0.3 is 0 Å². The predicted octanol–water partition coefficient (Wildman–Crippen LogP) is 3.45. The van der Waals surface area contributed by atoms with Crippen LogP contribution in [0.1, 0.15) is 31.2 Å². The van der Waals surface area contributed by atoms with Gasteiger partial charge in [-0.25, -0.2) is 0 Å². The Morgan fingerprint density at radius 3 is 2.55 bits per heavy atom. The van der Waals surface area contributed by atoms with E-state index in [2.05, 4.69) is 54.8 Å². The summed E-state index contributed by atoms with van der Waals surface area (Å²) in [7, 11) is 1.78. The average Bonchev–Trinajstić information content (AvgIpc) is 3.32. The fourth-order valence-electron chi connectivity index (χ4n) is 2.82. The van der Waals surface area contributed by atoms with Gasteiger partial charge in [0.15, 0.2) is 0 Å². The van der Waals surface area contributed by atoms with Gasteiger partial charge in [0.1, 0.15) is 0 Å². The summed E-state index contributed by atoms with van der Waals surface area (Å²) in [5.41, 5.74) is 1.40. The third-order valence-corrected chi connectivity index (χ3v) is 4.85. The van der Waals surface area contributed by atoms with Crippen molar-refractivity contribution in [1.29, 1.82) is 0 Å². The second kappa shape index (κ2) is 8.06. The predicted molar refractivity (Wildman–Crippen MR) is 88.7 cm³/mol. The highest BCUT2D eigenvalue weighted by atomic mass is 32.1. The first kappa shape index (κ1) is 15.9. The van der Waals surface area contributed by atoms with E-state index in [1.807, 2.05) is 0 Å². The zero-order valence-electron chi connectivity index (χ0n) is 12.7. The maximum atomic E-state index is 5.28. The number of nitrogens with zero attached hydrogens (tertiary/aromatic N) is 1. The lowest BCUT2D eigenvalue weighted by Crippen LogP contribution is -2.40. The van der Waals surface area contributed by atoms with Gasteiger partial charge in [0.2, 0.25) is 0 Å². The van der Waals surface area contributed by atoms with Crippen molar-refractivity contribution < 1.29 is 4.74 Å². The molecule has 0 aliphatic heterocycles. The fourth-order valence-corrected chi connectivity index (χ4v) is 3.15. The summed E-state index contributed by atoms with van der Waals surface area (Å²) in [6.07, 6.45) is 2.78. The van der Waals surface area contributed by atoms with E-state index in [-0.39, 0.29) is 0 Å². The Kier molecular flexibility index (Phi) is 6.40. The molecule has 0 amide bonds. The van der Waals surface area contributed by atoms with Crippen LogP contribution >= 0.6 is 12.6 Å². The molecule has 0 N–H and O–H groups in total. The van der Waals surface area contributed by atoms with Gasteiger partial charge in [-0.15, -0.1) is 0 Å². The van der Waals surface area contributed by atoms with Gasteiger partial charge in [-0.2, -0.15) is 12.6 Å². The summed E-state index contributed by atoms with van der Waals surface area (Å²) in [5.74, 6) is 2.28. The molecular formula is C17H27NOS. The van der Waals surface area contributed by atoms with Gasteiger partial charge in [0, 0.05) is 32.2 Å². The van der Waals surface area contributed by atoms with Crippen LogP contribution in [-0.2, 0) is 4.74 Å². The van der Waals surface area contributed by atoms with Crippen LogP contribution < -0.4 is 0 Å². The SMILES string of the molecule is COCCN(CC(CS)c1ccccc1)C(C)C1CC1. The highest BCUT2D eigenvalue weighted by Gasteiger charge is 2.32. The smallest absolute Gasteiger partial charge is 0.0589 e. The van der Waals surface area contributed by atoms with Gasteiger partial charge in [-0.1, -0.05) is 30.3 Å². The largest absolute Gasteiger partial charge is 0.383 e. The highest BCUT2D eigenvalue weighted by Crippen LogP contribution is 2.35. The van der Waals surface area contributed by atoms with Crippen molar-refractivity contribution in [3.8, 4) is 0 Å². The van der Waals surface area contributed by atoms with E-state index in [4.69, 9.17) is 4.74 Å². The van der Waals surface area contributed by atoms with Crippen LogP contribution in [0.25, 0.3) is 0 Å². The van der Waals surface area contributed by atoms with Crippen molar-refractivity contribution in [3.05, 3.63) is 35.9 Å². The number of benzene rings is 1. The molecule has 2 atom stereocenters. The number of methoxy groups -OCH3 is 1. The molecule has 0 spiro atoms. The number of hydrogen-bond acceptors (Lipinski definition) is 3. The second-order valence-electron chi connectivity index (χ2n) is 5.86. The van der Waals surface area contributed by atoms with Gasteiger partial charge in [-0.05, 0) is 37.0 Å². The van der Waals surface area contributed by atoms with Crippen LogP contribution in [-0.4, -0.2) is 43.5 Å². The first-order chi connectivity index (χ1) is 9.76. The molecule has 0 bridgehead atoms. The molecule has 1 aromatic carbocycles. The number of hydrogen-bond donors (Lipinski definition) is 1. The monoisotopic (exact) mass is 293 g/mol.